The number of ether oxygens (including phenoxy) is 1. The zero-order chi connectivity index (χ0) is 17.7. The lowest BCUT2D eigenvalue weighted by atomic mass is 9.87. The Morgan fingerprint density at radius 3 is 2.80 bits per heavy atom. The van der Waals surface area contributed by atoms with E-state index in [-0.39, 0.29) is 5.91 Å². The number of esters is 1. The van der Waals surface area contributed by atoms with E-state index in [0.29, 0.717) is 30.7 Å². The Kier molecular flexibility index (Phi) is 5.14. The number of piperidine rings is 1. The minimum atomic E-state index is -0.727. The third-order valence-electron chi connectivity index (χ3n) is 4.43. The predicted molar refractivity (Wildman–Crippen MR) is 93.3 cm³/mol. The van der Waals surface area contributed by atoms with E-state index in [4.69, 9.17) is 4.74 Å². The number of nitrogens with zero attached hydrogens (tertiary/aromatic N) is 2. The van der Waals surface area contributed by atoms with Gasteiger partial charge in [0.1, 0.15) is 5.54 Å². The van der Waals surface area contributed by atoms with Crippen LogP contribution in [0.1, 0.15) is 30.1 Å². The van der Waals surface area contributed by atoms with E-state index in [2.05, 4.69) is 15.7 Å². The van der Waals surface area contributed by atoms with Crippen molar-refractivity contribution < 1.29 is 14.3 Å². The lowest BCUT2D eigenvalue weighted by Gasteiger charge is -2.36. The summed E-state index contributed by atoms with van der Waals surface area (Å²) in [5.74, 6) is -0.527. The zero-order valence-electron chi connectivity index (χ0n) is 14.2. The molecule has 0 aliphatic carbocycles. The number of amides is 1. The molecular formula is C18H22N4O3. The second kappa shape index (κ2) is 7.48. The highest BCUT2D eigenvalue weighted by atomic mass is 16.5. The van der Waals surface area contributed by atoms with Crippen LogP contribution in [0.25, 0.3) is 0 Å². The lowest BCUT2D eigenvalue weighted by Crippen LogP contribution is -2.52. The van der Waals surface area contributed by atoms with Crippen molar-refractivity contribution in [3.05, 3.63) is 48.3 Å². The summed E-state index contributed by atoms with van der Waals surface area (Å²) >= 11 is 0. The lowest BCUT2D eigenvalue weighted by molar-refractivity contribution is -0.126. The molecule has 0 bridgehead atoms. The van der Waals surface area contributed by atoms with E-state index in [1.54, 1.807) is 42.1 Å². The zero-order valence-corrected chi connectivity index (χ0v) is 14.2. The molecule has 1 fully saturated rings. The molecule has 25 heavy (non-hydrogen) atoms. The second-order valence-corrected chi connectivity index (χ2v) is 5.99. The Hall–Kier alpha value is -2.67. The summed E-state index contributed by atoms with van der Waals surface area (Å²) in [6, 6.07) is 8.61. The van der Waals surface area contributed by atoms with Crippen LogP contribution in [0.3, 0.4) is 0 Å². The molecule has 0 saturated carbocycles. The first-order chi connectivity index (χ1) is 12.2. The normalized spacial score (nSPS) is 16.2. The third-order valence-corrected chi connectivity index (χ3v) is 4.43. The van der Waals surface area contributed by atoms with Gasteiger partial charge in [-0.2, -0.15) is 5.10 Å². The molecule has 1 aromatic carbocycles. The first-order valence-electron chi connectivity index (χ1n) is 8.45. The fraction of sp³-hybridized carbons (Fsp3) is 0.389. The van der Waals surface area contributed by atoms with Crippen LogP contribution in [-0.4, -0.2) is 41.4 Å². The average molecular weight is 342 g/mol. The van der Waals surface area contributed by atoms with Gasteiger partial charge in [-0.05, 0) is 57.1 Å². The Balaban J connectivity index is 1.83. The van der Waals surface area contributed by atoms with E-state index < -0.39 is 11.5 Å². The number of rotatable bonds is 5. The van der Waals surface area contributed by atoms with Gasteiger partial charge in [0, 0.05) is 18.1 Å². The van der Waals surface area contributed by atoms with Crippen molar-refractivity contribution in [2.75, 3.05) is 25.0 Å². The summed E-state index contributed by atoms with van der Waals surface area (Å²) in [5, 5.41) is 10.5. The summed E-state index contributed by atoms with van der Waals surface area (Å²) in [6.45, 7) is 3.56. The summed E-state index contributed by atoms with van der Waals surface area (Å²) in [4.78, 5) is 25.0. The SMILES string of the molecule is CCOC(=O)c1cccc(NC(=O)C2(n3cccn3)CCNCC2)c1. The molecule has 1 aliphatic heterocycles. The minimum Gasteiger partial charge on any atom is -0.462 e. The Labute approximate surface area is 146 Å². The molecule has 0 unspecified atom stereocenters. The Morgan fingerprint density at radius 2 is 2.12 bits per heavy atom. The van der Waals surface area contributed by atoms with Gasteiger partial charge in [0.2, 0.25) is 0 Å². The Morgan fingerprint density at radius 1 is 1.32 bits per heavy atom. The standard InChI is InChI=1S/C18H22N4O3/c1-2-25-16(23)14-5-3-6-15(13-14)21-17(24)18(7-10-19-11-8-18)22-12-4-9-20-22/h3-6,9,12-13,19H,2,7-8,10-11H2,1H3,(H,21,24). The molecule has 0 atom stereocenters. The van der Waals surface area contributed by atoms with Crippen LogP contribution < -0.4 is 10.6 Å². The van der Waals surface area contributed by atoms with Crippen molar-refractivity contribution in [2.45, 2.75) is 25.3 Å². The number of benzene rings is 1. The van der Waals surface area contributed by atoms with E-state index in [0.717, 1.165) is 13.1 Å². The van der Waals surface area contributed by atoms with Crippen molar-refractivity contribution in [1.29, 1.82) is 0 Å². The smallest absolute Gasteiger partial charge is 0.338 e. The minimum absolute atomic E-state index is 0.126. The summed E-state index contributed by atoms with van der Waals surface area (Å²) in [6.07, 6.45) is 4.80. The molecule has 132 valence electrons. The van der Waals surface area contributed by atoms with Crippen molar-refractivity contribution in [3.8, 4) is 0 Å². The number of aromatic nitrogens is 2. The fourth-order valence-electron chi connectivity index (χ4n) is 3.11. The molecule has 1 saturated heterocycles. The molecule has 1 aromatic heterocycles. The molecule has 2 aromatic rings. The first-order valence-corrected chi connectivity index (χ1v) is 8.45. The van der Waals surface area contributed by atoms with Crippen LogP contribution in [0.15, 0.2) is 42.7 Å². The maximum Gasteiger partial charge on any atom is 0.338 e. The molecule has 7 nitrogen and oxygen atoms in total. The monoisotopic (exact) mass is 342 g/mol. The third kappa shape index (κ3) is 3.56. The molecule has 0 spiro atoms. The van der Waals surface area contributed by atoms with Crippen molar-refractivity contribution >= 4 is 17.6 Å². The van der Waals surface area contributed by atoms with Gasteiger partial charge in [0.15, 0.2) is 0 Å². The van der Waals surface area contributed by atoms with Gasteiger partial charge < -0.3 is 15.4 Å². The van der Waals surface area contributed by atoms with E-state index in [1.807, 2.05) is 12.3 Å². The van der Waals surface area contributed by atoms with Crippen LogP contribution in [-0.2, 0) is 15.1 Å². The average Bonchev–Trinajstić information content (AvgIpc) is 3.18. The molecule has 1 amide bonds. The largest absolute Gasteiger partial charge is 0.462 e. The van der Waals surface area contributed by atoms with Gasteiger partial charge in [-0.3, -0.25) is 9.48 Å². The highest BCUT2D eigenvalue weighted by Crippen LogP contribution is 2.29. The molecule has 0 radical (unpaired) electrons. The topological polar surface area (TPSA) is 85.2 Å². The molecule has 7 heteroatoms. The highest BCUT2D eigenvalue weighted by molar-refractivity contribution is 5.98. The number of hydrogen-bond acceptors (Lipinski definition) is 5. The highest BCUT2D eigenvalue weighted by Gasteiger charge is 2.42. The summed E-state index contributed by atoms with van der Waals surface area (Å²) < 4.78 is 6.74. The molecule has 2 N–H and O–H groups in total. The Bertz CT molecular complexity index is 737. The molecule has 1 aliphatic rings. The van der Waals surface area contributed by atoms with Crippen LogP contribution in [0, 0.1) is 0 Å². The maximum atomic E-state index is 13.1. The number of carbonyl (C=O) groups excluding carboxylic acids is 2. The maximum absolute atomic E-state index is 13.1. The molecular weight excluding hydrogens is 320 g/mol. The van der Waals surface area contributed by atoms with Crippen molar-refractivity contribution in [3.63, 3.8) is 0 Å². The summed E-state index contributed by atoms with van der Waals surface area (Å²) in [7, 11) is 0. The van der Waals surface area contributed by atoms with Gasteiger partial charge >= 0.3 is 5.97 Å². The quantitative estimate of drug-likeness (QED) is 0.809. The first kappa shape index (κ1) is 17.2. The van der Waals surface area contributed by atoms with Crippen LogP contribution in [0.2, 0.25) is 0 Å². The van der Waals surface area contributed by atoms with Crippen molar-refractivity contribution in [1.82, 2.24) is 15.1 Å². The van der Waals surface area contributed by atoms with Crippen LogP contribution in [0.4, 0.5) is 5.69 Å². The summed E-state index contributed by atoms with van der Waals surface area (Å²) in [5.41, 5.74) is 0.257. The van der Waals surface area contributed by atoms with Gasteiger partial charge in [-0.1, -0.05) is 6.07 Å². The van der Waals surface area contributed by atoms with Crippen LogP contribution in [0.5, 0.6) is 0 Å². The number of nitrogens with one attached hydrogen (secondary N) is 2. The number of hydrogen-bond donors (Lipinski definition) is 2. The molecule has 3 rings (SSSR count). The van der Waals surface area contributed by atoms with Crippen LogP contribution >= 0.6 is 0 Å². The predicted octanol–water partition coefficient (Wildman–Crippen LogP) is 1.78. The number of carbonyl (C=O) groups is 2. The second-order valence-electron chi connectivity index (χ2n) is 5.99. The van der Waals surface area contributed by atoms with E-state index in [1.165, 1.54) is 0 Å². The molecule has 2 heterocycles. The van der Waals surface area contributed by atoms with Crippen molar-refractivity contribution in [2.24, 2.45) is 0 Å². The van der Waals surface area contributed by atoms with E-state index >= 15 is 0 Å². The van der Waals surface area contributed by atoms with Gasteiger partial charge in [0.25, 0.3) is 5.91 Å². The fourth-order valence-corrected chi connectivity index (χ4v) is 3.11. The van der Waals surface area contributed by atoms with Gasteiger partial charge in [-0.25, -0.2) is 4.79 Å². The van der Waals surface area contributed by atoms with Gasteiger partial charge in [0.05, 0.1) is 12.2 Å². The van der Waals surface area contributed by atoms with E-state index in [9.17, 15) is 9.59 Å². The van der Waals surface area contributed by atoms with Gasteiger partial charge in [-0.15, -0.1) is 0 Å². The number of anilines is 1.